The number of hydrogen-bond donors (Lipinski definition) is 3. The second-order valence-corrected chi connectivity index (χ2v) is 4.90. The summed E-state index contributed by atoms with van der Waals surface area (Å²) in [6, 6.07) is 16.6. The number of aryl methyl sites for hydroxylation is 1. The average Bonchev–Trinajstić information content (AvgIpc) is 2.95. The van der Waals surface area contributed by atoms with Crippen molar-refractivity contribution in [2.75, 3.05) is 10.6 Å². The van der Waals surface area contributed by atoms with E-state index in [1.54, 1.807) is 6.33 Å². The number of amides is 2. The van der Waals surface area contributed by atoms with Crippen LogP contribution in [0.4, 0.5) is 16.2 Å². The van der Waals surface area contributed by atoms with Gasteiger partial charge in [0.2, 0.25) is 0 Å². The fourth-order valence-corrected chi connectivity index (χ4v) is 2.18. The third-order valence-corrected chi connectivity index (χ3v) is 3.28. The third kappa shape index (κ3) is 3.15. The third-order valence-electron chi connectivity index (χ3n) is 3.28. The molecule has 0 aliphatic carbocycles. The molecule has 0 saturated carbocycles. The van der Waals surface area contributed by atoms with E-state index in [1.165, 1.54) is 0 Å². The van der Waals surface area contributed by atoms with Gasteiger partial charge in [-0.1, -0.05) is 30.3 Å². The van der Waals surface area contributed by atoms with Crippen molar-refractivity contribution in [2.45, 2.75) is 6.92 Å². The van der Waals surface area contributed by atoms with Gasteiger partial charge in [-0.05, 0) is 31.2 Å². The van der Waals surface area contributed by atoms with Crippen molar-refractivity contribution in [1.29, 1.82) is 0 Å². The number of hydrogen-bond acceptors (Lipinski definition) is 2. The van der Waals surface area contributed by atoms with Crippen molar-refractivity contribution < 1.29 is 4.79 Å². The van der Waals surface area contributed by atoms with Crippen molar-refractivity contribution in [3.63, 3.8) is 0 Å². The molecule has 22 heavy (non-hydrogen) atoms. The monoisotopic (exact) mass is 292 g/mol. The Labute approximate surface area is 128 Å². The summed E-state index contributed by atoms with van der Waals surface area (Å²) in [6.45, 7) is 1.97. The van der Waals surface area contributed by atoms with Gasteiger partial charge in [0.25, 0.3) is 0 Å². The van der Waals surface area contributed by atoms with Gasteiger partial charge < -0.3 is 15.6 Å². The van der Waals surface area contributed by atoms with E-state index in [-0.39, 0.29) is 6.03 Å². The Morgan fingerprint density at radius 3 is 2.18 bits per heavy atom. The van der Waals surface area contributed by atoms with Gasteiger partial charge in [0.15, 0.2) is 0 Å². The highest BCUT2D eigenvalue weighted by molar-refractivity contribution is 5.99. The Bertz CT molecular complexity index is 763. The van der Waals surface area contributed by atoms with Crippen molar-refractivity contribution in [1.82, 2.24) is 9.97 Å². The van der Waals surface area contributed by atoms with Gasteiger partial charge in [0.05, 0.1) is 12.0 Å². The maximum absolute atomic E-state index is 11.9. The normalized spacial score (nSPS) is 10.2. The van der Waals surface area contributed by atoms with Crippen LogP contribution in [0, 0.1) is 6.92 Å². The highest BCUT2D eigenvalue weighted by Gasteiger charge is 2.06. The first kappa shape index (κ1) is 13.9. The number of rotatable bonds is 3. The summed E-state index contributed by atoms with van der Waals surface area (Å²) in [6.07, 6.45) is 1.67. The van der Waals surface area contributed by atoms with E-state index in [2.05, 4.69) is 20.6 Å². The lowest BCUT2D eigenvalue weighted by molar-refractivity contribution is 0.262. The molecule has 0 spiro atoms. The van der Waals surface area contributed by atoms with Gasteiger partial charge in [-0.2, -0.15) is 0 Å². The summed E-state index contributed by atoms with van der Waals surface area (Å²) in [5.41, 5.74) is 4.42. The maximum Gasteiger partial charge on any atom is 0.323 e. The Kier molecular flexibility index (Phi) is 3.87. The predicted molar refractivity (Wildman–Crippen MR) is 87.8 cm³/mol. The van der Waals surface area contributed by atoms with E-state index >= 15 is 0 Å². The Balaban J connectivity index is 1.66. The summed E-state index contributed by atoms with van der Waals surface area (Å²) in [4.78, 5) is 19.2. The molecule has 1 heterocycles. The maximum atomic E-state index is 11.9. The van der Waals surface area contributed by atoms with Gasteiger partial charge >= 0.3 is 6.03 Å². The number of anilines is 2. The van der Waals surface area contributed by atoms with Crippen LogP contribution in [0.3, 0.4) is 0 Å². The quantitative estimate of drug-likeness (QED) is 0.682. The Morgan fingerprint density at radius 2 is 1.59 bits per heavy atom. The van der Waals surface area contributed by atoms with Gasteiger partial charge in [0, 0.05) is 22.6 Å². The highest BCUT2D eigenvalue weighted by atomic mass is 16.2. The van der Waals surface area contributed by atoms with Crippen LogP contribution in [0.5, 0.6) is 0 Å². The first-order valence-corrected chi connectivity index (χ1v) is 6.96. The molecule has 0 atom stereocenters. The predicted octanol–water partition coefficient (Wildman–Crippen LogP) is 4.03. The molecule has 110 valence electrons. The Morgan fingerprint density at radius 1 is 0.955 bits per heavy atom. The van der Waals surface area contributed by atoms with Crippen molar-refractivity contribution >= 4 is 17.4 Å². The van der Waals surface area contributed by atoms with Gasteiger partial charge in [0.1, 0.15) is 0 Å². The van der Waals surface area contributed by atoms with E-state index < -0.39 is 0 Å². The lowest BCUT2D eigenvalue weighted by atomic mass is 10.1. The lowest BCUT2D eigenvalue weighted by Gasteiger charge is -2.08. The van der Waals surface area contributed by atoms with Crippen LogP contribution in [0.15, 0.2) is 60.9 Å². The van der Waals surface area contributed by atoms with E-state index in [1.807, 2.05) is 61.5 Å². The summed E-state index contributed by atoms with van der Waals surface area (Å²) >= 11 is 0. The second kappa shape index (κ2) is 6.13. The minimum absolute atomic E-state index is 0.269. The van der Waals surface area contributed by atoms with E-state index in [9.17, 15) is 4.79 Å². The first-order valence-electron chi connectivity index (χ1n) is 6.96. The topological polar surface area (TPSA) is 69.8 Å². The molecule has 0 saturated heterocycles. The SMILES string of the molecule is Cc1[nH]cnc1-c1ccc(NC(=O)Nc2ccccc2)cc1. The molecule has 0 aliphatic heterocycles. The summed E-state index contributed by atoms with van der Waals surface area (Å²) in [7, 11) is 0. The molecular formula is C17H16N4O. The number of urea groups is 1. The zero-order chi connectivity index (χ0) is 15.4. The molecule has 0 bridgehead atoms. The Hall–Kier alpha value is -3.08. The molecule has 3 aromatic rings. The molecule has 2 aromatic carbocycles. The van der Waals surface area contributed by atoms with Gasteiger partial charge in [-0.3, -0.25) is 0 Å². The van der Waals surface area contributed by atoms with Crippen LogP contribution in [-0.4, -0.2) is 16.0 Å². The van der Waals surface area contributed by atoms with Crippen LogP contribution in [0.2, 0.25) is 0 Å². The number of aromatic amines is 1. The van der Waals surface area contributed by atoms with Crippen molar-refractivity contribution in [3.8, 4) is 11.3 Å². The number of nitrogens with one attached hydrogen (secondary N) is 3. The summed E-state index contributed by atoms with van der Waals surface area (Å²) < 4.78 is 0. The van der Waals surface area contributed by atoms with Crippen LogP contribution in [-0.2, 0) is 0 Å². The van der Waals surface area contributed by atoms with E-state index in [4.69, 9.17) is 0 Å². The smallest absolute Gasteiger partial charge is 0.323 e. The number of imidazole rings is 1. The van der Waals surface area contributed by atoms with Gasteiger partial charge in [-0.15, -0.1) is 0 Å². The highest BCUT2D eigenvalue weighted by Crippen LogP contribution is 2.21. The van der Waals surface area contributed by atoms with Crippen LogP contribution in [0.25, 0.3) is 11.3 Å². The molecule has 1 aromatic heterocycles. The molecule has 0 radical (unpaired) electrons. The molecule has 3 rings (SSSR count). The van der Waals surface area contributed by atoms with Gasteiger partial charge in [-0.25, -0.2) is 9.78 Å². The number of H-pyrrole nitrogens is 1. The summed E-state index contributed by atoms with van der Waals surface area (Å²) in [5.74, 6) is 0. The van der Waals surface area contributed by atoms with E-state index in [0.29, 0.717) is 0 Å². The van der Waals surface area contributed by atoms with E-state index in [0.717, 1.165) is 28.3 Å². The molecule has 5 nitrogen and oxygen atoms in total. The van der Waals surface area contributed by atoms with Crippen molar-refractivity contribution in [2.24, 2.45) is 0 Å². The molecule has 3 N–H and O–H groups in total. The molecular weight excluding hydrogens is 276 g/mol. The number of para-hydroxylation sites is 1. The number of carbonyl (C=O) groups excluding carboxylic acids is 1. The first-order chi connectivity index (χ1) is 10.7. The second-order valence-electron chi connectivity index (χ2n) is 4.90. The minimum Gasteiger partial charge on any atom is -0.348 e. The molecule has 0 fully saturated rings. The standard InChI is InChI=1S/C17H16N4O/c1-12-16(19-11-18-12)13-7-9-15(10-8-13)21-17(22)20-14-5-3-2-4-6-14/h2-11H,1H3,(H,18,19)(H2,20,21,22). The molecule has 0 unspecified atom stereocenters. The van der Waals surface area contributed by atoms with Crippen molar-refractivity contribution in [3.05, 3.63) is 66.6 Å². The number of aromatic nitrogens is 2. The molecule has 2 amide bonds. The fourth-order valence-electron chi connectivity index (χ4n) is 2.18. The fraction of sp³-hybridized carbons (Fsp3) is 0.0588. The average molecular weight is 292 g/mol. The number of carbonyl (C=O) groups is 1. The zero-order valence-corrected chi connectivity index (χ0v) is 12.1. The lowest BCUT2D eigenvalue weighted by Crippen LogP contribution is -2.19. The number of benzene rings is 2. The molecule has 0 aliphatic rings. The van der Waals surface area contributed by atoms with Crippen LogP contribution < -0.4 is 10.6 Å². The number of nitrogens with zero attached hydrogens (tertiary/aromatic N) is 1. The van der Waals surface area contributed by atoms with Crippen LogP contribution >= 0.6 is 0 Å². The zero-order valence-electron chi connectivity index (χ0n) is 12.1. The molecule has 5 heteroatoms. The summed E-state index contributed by atoms with van der Waals surface area (Å²) in [5, 5.41) is 5.57. The minimum atomic E-state index is -0.269. The van der Waals surface area contributed by atoms with Crippen LogP contribution in [0.1, 0.15) is 5.69 Å². The largest absolute Gasteiger partial charge is 0.348 e.